The predicted molar refractivity (Wildman–Crippen MR) is 69.0 cm³/mol. The summed E-state index contributed by atoms with van der Waals surface area (Å²) in [6.07, 6.45) is 0. The molecule has 2 aromatic rings. The first kappa shape index (κ1) is 15.9. The number of benzene rings is 2. The van der Waals surface area contributed by atoms with Crippen molar-refractivity contribution in [2.24, 2.45) is 0 Å². The number of carboxylic acids is 1. The summed E-state index contributed by atoms with van der Waals surface area (Å²) in [4.78, 5) is 10.8. The molecule has 19 heavy (non-hydrogen) atoms. The van der Waals surface area contributed by atoms with Gasteiger partial charge < -0.3 is 10.2 Å². The molecular formula is C13H10CaF2O3. The van der Waals surface area contributed by atoms with Gasteiger partial charge in [-0.15, -0.1) is 0 Å². The van der Waals surface area contributed by atoms with Crippen molar-refractivity contribution in [3.05, 3.63) is 53.6 Å². The number of carboxylic acid groups (broad SMARTS) is 1. The average Bonchev–Trinajstić information content (AvgIpc) is 2.30. The number of hydrogen-bond acceptors (Lipinski definition) is 2. The van der Waals surface area contributed by atoms with Crippen LogP contribution in [0.15, 0.2) is 36.4 Å². The summed E-state index contributed by atoms with van der Waals surface area (Å²) in [6.45, 7) is 0. The molecule has 0 amide bonds. The Morgan fingerprint density at radius 2 is 1.74 bits per heavy atom. The van der Waals surface area contributed by atoms with Gasteiger partial charge in [0.2, 0.25) is 0 Å². The van der Waals surface area contributed by atoms with E-state index in [2.05, 4.69) is 0 Å². The van der Waals surface area contributed by atoms with Gasteiger partial charge in [0, 0.05) is 11.6 Å². The molecule has 0 spiro atoms. The van der Waals surface area contributed by atoms with Crippen LogP contribution in [0.25, 0.3) is 11.1 Å². The molecule has 0 aromatic heterocycles. The molecule has 0 radical (unpaired) electrons. The van der Waals surface area contributed by atoms with Crippen molar-refractivity contribution in [2.75, 3.05) is 0 Å². The molecule has 0 bridgehead atoms. The van der Waals surface area contributed by atoms with Crippen LogP contribution in [0.2, 0.25) is 0 Å². The van der Waals surface area contributed by atoms with E-state index in [9.17, 15) is 18.7 Å². The Morgan fingerprint density at radius 1 is 1.05 bits per heavy atom. The third-order valence-electron chi connectivity index (χ3n) is 2.47. The third kappa shape index (κ3) is 3.43. The summed E-state index contributed by atoms with van der Waals surface area (Å²) in [5, 5.41) is 18.2. The van der Waals surface area contributed by atoms with Crippen molar-refractivity contribution in [3.8, 4) is 16.9 Å². The summed E-state index contributed by atoms with van der Waals surface area (Å²) in [7, 11) is 0. The predicted octanol–water partition coefficient (Wildman–Crippen LogP) is 2.12. The second kappa shape index (κ2) is 6.32. The Labute approximate surface area is 137 Å². The molecule has 0 aliphatic carbocycles. The Bertz CT molecular complexity index is 629. The number of halogens is 2. The van der Waals surface area contributed by atoms with E-state index >= 15 is 0 Å². The van der Waals surface area contributed by atoms with E-state index in [1.165, 1.54) is 12.1 Å². The Balaban J connectivity index is 0.00000180. The van der Waals surface area contributed by atoms with E-state index < -0.39 is 23.4 Å². The third-order valence-corrected chi connectivity index (χ3v) is 2.47. The van der Waals surface area contributed by atoms with Gasteiger partial charge >= 0.3 is 43.7 Å². The maximum absolute atomic E-state index is 13.5. The van der Waals surface area contributed by atoms with Crippen molar-refractivity contribution in [2.45, 2.75) is 0 Å². The van der Waals surface area contributed by atoms with Crippen molar-refractivity contribution >= 4 is 43.7 Å². The minimum atomic E-state index is -1.32. The number of phenols is 1. The minimum absolute atomic E-state index is 0. The molecule has 0 aliphatic rings. The molecule has 2 aromatic carbocycles. The number of hydrogen-bond donors (Lipinski definition) is 2. The van der Waals surface area contributed by atoms with Gasteiger partial charge in [-0.1, -0.05) is 6.07 Å². The molecule has 2 rings (SSSR count). The second-order valence-electron chi connectivity index (χ2n) is 3.66. The quantitative estimate of drug-likeness (QED) is 0.834. The van der Waals surface area contributed by atoms with Gasteiger partial charge in [0.15, 0.2) is 0 Å². The van der Waals surface area contributed by atoms with Crippen LogP contribution < -0.4 is 0 Å². The molecular weight excluding hydrogens is 282 g/mol. The molecule has 0 fully saturated rings. The van der Waals surface area contributed by atoms with Gasteiger partial charge in [-0.2, -0.15) is 0 Å². The zero-order valence-electron chi connectivity index (χ0n) is 9.02. The molecule has 96 valence electrons. The van der Waals surface area contributed by atoms with Crippen molar-refractivity contribution in [3.63, 3.8) is 0 Å². The van der Waals surface area contributed by atoms with Crippen molar-refractivity contribution in [1.29, 1.82) is 0 Å². The van der Waals surface area contributed by atoms with Crippen LogP contribution in [0.3, 0.4) is 0 Å². The van der Waals surface area contributed by atoms with Gasteiger partial charge in [-0.3, -0.25) is 0 Å². The average molecular weight is 292 g/mol. The van der Waals surface area contributed by atoms with Gasteiger partial charge in [0.1, 0.15) is 22.9 Å². The summed E-state index contributed by atoms with van der Waals surface area (Å²) < 4.78 is 26.3. The Kier molecular flexibility index (Phi) is 5.28. The van der Waals surface area contributed by atoms with Crippen LogP contribution in [-0.4, -0.2) is 53.9 Å². The molecule has 0 heterocycles. The molecule has 2 N–H and O–H groups in total. The topological polar surface area (TPSA) is 57.5 Å². The molecule has 0 saturated heterocycles. The number of rotatable bonds is 2. The first-order valence-electron chi connectivity index (χ1n) is 5.01. The van der Waals surface area contributed by atoms with Crippen LogP contribution in [0.4, 0.5) is 8.78 Å². The summed E-state index contributed by atoms with van der Waals surface area (Å²) >= 11 is 0. The fourth-order valence-corrected chi connectivity index (χ4v) is 1.60. The molecule has 3 nitrogen and oxygen atoms in total. The number of aromatic hydroxyl groups is 1. The Hall–Kier alpha value is -1.17. The molecule has 0 saturated carbocycles. The van der Waals surface area contributed by atoms with Crippen LogP contribution in [-0.2, 0) is 0 Å². The van der Waals surface area contributed by atoms with Crippen LogP contribution in [0, 0.1) is 11.6 Å². The van der Waals surface area contributed by atoms with E-state index in [1.54, 1.807) is 0 Å². The first-order valence-corrected chi connectivity index (χ1v) is 5.01. The van der Waals surface area contributed by atoms with Crippen LogP contribution in [0.5, 0.6) is 5.75 Å². The maximum atomic E-state index is 13.5. The van der Waals surface area contributed by atoms with E-state index in [-0.39, 0.29) is 54.4 Å². The molecule has 0 aliphatic heterocycles. The van der Waals surface area contributed by atoms with E-state index in [0.717, 1.165) is 18.2 Å². The Morgan fingerprint density at radius 3 is 2.32 bits per heavy atom. The van der Waals surface area contributed by atoms with Gasteiger partial charge in [-0.25, -0.2) is 13.6 Å². The monoisotopic (exact) mass is 292 g/mol. The SMILES string of the molecule is O=C(O)c1cc(-c2ccc(F)cc2F)ccc1O.[CaH2]. The first-order chi connectivity index (χ1) is 8.49. The van der Waals surface area contributed by atoms with Crippen molar-refractivity contribution in [1.82, 2.24) is 0 Å². The summed E-state index contributed by atoms with van der Waals surface area (Å²) in [5.74, 6) is -3.24. The van der Waals surface area contributed by atoms with E-state index in [0.29, 0.717) is 6.07 Å². The molecule has 6 heteroatoms. The standard InChI is InChI=1S/C13H8F2O3.Ca.2H/c14-8-2-3-9(11(15)6-8)7-1-4-12(16)10(5-7)13(17)18;;;/h1-6,16H,(H,17,18);;;. The summed E-state index contributed by atoms with van der Waals surface area (Å²) in [6, 6.07) is 6.64. The zero-order chi connectivity index (χ0) is 13.3. The number of aromatic carboxylic acids is 1. The number of carbonyl (C=O) groups is 1. The molecule has 0 atom stereocenters. The summed E-state index contributed by atoms with van der Waals surface area (Å²) in [5.41, 5.74) is -0.0159. The van der Waals surface area contributed by atoms with Crippen LogP contribution in [0.1, 0.15) is 10.4 Å². The van der Waals surface area contributed by atoms with Gasteiger partial charge in [-0.05, 0) is 29.8 Å². The second-order valence-corrected chi connectivity index (χ2v) is 3.66. The fourth-order valence-electron chi connectivity index (χ4n) is 1.60. The van der Waals surface area contributed by atoms with E-state index in [1.807, 2.05) is 0 Å². The van der Waals surface area contributed by atoms with Gasteiger partial charge in [0.05, 0.1) is 0 Å². The van der Waals surface area contributed by atoms with Crippen molar-refractivity contribution < 1.29 is 23.8 Å². The molecule has 0 unspecified atom stereocenters. The van der Waals surface area contributed by atoms with Gasteiger partial charge in [0.25, 0.3) is 0 Å². The zero-order valence-corrected chi connectivity index (χ0v) is 9.02. The van der Waals surface area contributed by atoms with Crippen LogP contribution >= 0.6 is 0 Å². The normalized spacial score (nSPS) is 9.79. The van der Waals surface area contributed by atoms with E-state index in [4.69, 9.17) is 5.11 Å². The fraction of sp³-hybridized carbons (Fsp3) is 0.